The zero-order chi connectivity index (χ0) is 19.1. The van der Waals surface area contributed by atoms with Gasteiger partial charge in [-0.1, -0.05) is 53.7 Å². The first-order valence-electron chi connectivity index (χ1n) is 7.94. The summed E-state index contributed by atoms with van der Waals surface area (Å²) in [7, 11) is 0. The largest absolute Gasteiger partial charge is 0.411 e. The summed E-state index contributed by atoms with van der Waals surface area (Å²) in [5.74, 6) is -0.325. The molecule has 0 fully saturated rings. The van der Waals surface area contributed by atoms with Gasteiger partial charge in [0.15, 0.2) is 0 Å². The molecule has 0 aliphatic heterocycles. The Morgan fingerprint density at radius 1 is 0.963 bits per heavy atom. The fourth-order valence-electron chi connectivity index (χ4n) is 2.11. The van der Waals surface area contributed by atoms with E-state index in [1.165, 1.54) is 0 Å². The summed E-state index contributed by atoms with van der Waals surface area (Å²) in [4.78, 5) is 23.6. The maximum absolute atomic E-state index is 11.8. The van der Waals surface area contributed by atoms with E-state index >= 15 is 0 Å². The molecule has 138 valence electrons. The maximum Gasteiger partial charge on any atom is 0.277 e. The van der Waals surface area contributed by atoms with Crippen LogP contribution in [-0.4, -0.2) is 27.8 Å². The fraction of sp³-hybridized carbons (Fsp3) is 0.111. The Morgan fingerprint density at radius 2 is 1.67 bits per heavy atom. The van der Waals surface area contributed by atoms with Gasteiger partial charge in [-0.05, 0) is 29.8 Å². The van der Waals surface area contributed by atoms with Crippen molar-refractivity contribution >= 4 is 35.2 Å². The van der Waals surface area contributed by atoms with E-state index in [-0.39, 0.29) is 29.2 Å². The van der Waals surface area contributed by atoms with E-state index in [9.17, 15) is 9.59 Å². The van der Waals surface area contributed by atoms with E-state index in [1.807, 2.05) is 30.3 Å². The highest BCUT2D eigenvalue weighted by atomic mass is 35.5. The highest BCUT2D eigenvalue weighted by molar-refractivity contribution is 7.99. The Hall–Kier alpha value is -2.84. The molecule has 0 unspecified atom stereocenters. The molecule has 0 atom stereocenters. The van der Waals surface area contributed by atoms with E-state index in [4.69, 9.17) is 16.0 Å². The Bertz CT molecular complexity index is 916. The summed E-state index contributed by atoms with van der Waals surface area (Å²) in [5, 5.41) is 8.68. The Kier molecular flexibility index (Phi) is 6.45. The first-order valence-corrected chi connectivity index (χ1v) is 9.30. The number of hydrazine groups is 1. The average Bonchev–Trinajstić information content (AvgIpc) is 3.15. The van der Waals surface area contributed by atoms with Crippen LogP contribution in [0.25, 0.3) is 11.5 Å². The zero-order valence-electron chi connectivity index (χ0n) is 14.0. The average molecular weight is 403 g/mol. The number of hydrogen-bond donors (Lipinski definition) is 2. The monoisotopic (exact) mass is 402 g/mol. The number of amides is 2. The summed E-state index contributed by atoms with van der Waals surface area (Å²) < 4.78 is 5.49. The zero-order valence-corrected chi connectivity index (χ0v) is 15.6. The summed E-state index contributed by atoms with van der Waals surface area (Å²) in [6.07, 6.45) is 0.183. The molecule has 0 bridgehead atoms. The molecule has 2 aromatic carbocycles. The van der Waals surface area contributed by atoms with Crippen molar-refractivity contribution in [3.63, 3.8) is 0 Å². The van der Waals surface area contributed by atoms with Crippen LogP contribution in [0.4, 0.5) is 0 Å². The number of aromatic nitrogens is 2. The Labute approximate surface area is 164 Å². The lowest BCUT2D eigenvalue weighted by molar-refractivity contribution is -0.127. The molecule has 3 rings (SSSR count). The van der Waals surface area contributed by atoms with Crippen molar-refractivity contribution in [1.82, 2.24) is 21.0 Å². The third kappa shape index (κ3) is 5.83. The Balaban J connectivity index is 1.43. The molecule has 0 saturated carbocycles. The van der Waals surface area contributed by atoms with Gasteiger partial charge in [-0.15, -0.1) is 10.2 Å². The van der Waals surface area contributed by atoms with Crippen molar-refractivity contribution in [3.8, 4) is 11.5 Å². The highest BCUT2D eigenvalue weighted by Crippen LogP contribution is 2.24. The number of nitrogens with one attached hydrogen (secondary N) is 2. The number of thioether (sulfide) groups is 1. The first kappa shape index (κ1) is 18.9. The van der Waals surface area contributed by atoms with Crippen molar-refractivity contribution in [2.24, 2.45) is 0 Å². The summed E-state index contributed by atoms with van der Waals surface area (Å²) in [6.45, 7) is 0. The van der Waals surface area contributed by atoms with E-state index in [1.54, 1.807) is 24.3 Å². The van der Waals surface area contributed by atoms with Crippen molar-refractivity contribution < 1.29 is 14.0 Å². The summed E-state index contributed by atoms with van der Waals surface area (Å²) in [5.41, 5.74) is 6.32. The van der Waals surface area contributed by atoms with Gasteiger partial charge < -0.3 is 4.42 Å². The van der Waals surface area contributed by atoms with Crippen LogP contribution < -0.4 is 10.9 Å². The van der Waals surface area contributed by atoms with Gasteiger partial charge in [-0.2, -0.15) is 0 Å². The van der Waals surface area contributed by atoms with E-state index in [0.717, 1.165) is 22.9 Å². The van der Waals surface area contributed by atoms with Gasteiger partial charge in [0.25, 0.3) is 5.22 Å². The third-order valence-corrected chi connectivity index (χ3v) is 4.44. The van der Waals surface area contributed by atoms with Crippen LogP contribution in [0, 0.1) is 0 Å². The molecule has 2 amide bonds. The fourth-order valence-corrected chi connectivity index (χ4v) is 2.79. The second kappa shape index (κ2) is 9.20. The molecular formula is C18H15ClN4O3S. The van der Waals surface area contributed by atoms with Crippen molar-refractivity contribution in [2.75, 3.05) is 5.75 Å². The minimum Gasteiger partial charge on any atom is -0.411 e. The molecule has 9 heteroatoms. The number of halogens is 1. The molecule has 1 aromatic heterocycles. The maximum atomic E-state index is 11.8. The molecule has 0 spiro atoms. The van der Waals surface area contributed by atoms with Crippen molar-refractivity contribution in [1.29, 1.82) is 0 Å². The van der Waals surface area contributed by atoms with Gasteiger partial charge in [0, 0.05) is 10.6 Å². The predicted octanol–water partition coefficient (Wildman–Crippen LogP) is 2.87. The van der Waals surface area contributed by atoms with Crippen LogP contribution in [0.2, 0.25) is 5.02 Å². The Morgan fingerprint density at radius 3 is 2.41 bits per heavy atom. The van der Waals surface area contributed by atoms with Crippen LogP contribution >= 0.6 is 23.4 Å². The standard InChI is InChI=1S/C18H15ClN4O3S/c19-14-8-6-13(7-9-14)17-22-23-18(26-17)27-11-16(25)21-20-15(24)10-12-4-2-1-3-5-12/h1-9H,10-11H2,(H,20,24)(H,21,25). The molecule has 0 aliphatic rings. The molecule has 0 saturated heterocycles. The van der Waals surface area contributed by atoms with E-state index < -0.39 is 0 Å². The first-order chi connectivity index (χ1) is 13.1. The number of carbonyl (C=O) groups is 2. The topological polar surface area (TPSA) is 97.1 Å². The normalized spacial score (nSPS) is 10.4. The van der Waals surface area contributed by atoms with Gasteiger partial charge in [0.2, 0.25) is 17.7 Å². The van der Waals surface area contributed by atoms with Crippen LogP contribution in [0.1, 0.15) is 5.56 Å². The number of hydrogen-bond acceptors (Lipinski definition) is 6. The predicted molar refractivity (Wildman–Crippen MR) is 102 cm³/mol. The second-order valence-electron chi connectivity index (χ2n) is 5.43. The minimum absolute atomic E-state index is 0.0217. The van der Waals surface area contributed by atoms with Gasteiger partial charge in [0.1, 0.15) is 0 Å². The number of rotatable bonds is 6. The van der Waals surface area contributed by atoms with Crippen LogP contribution in [-0.2, 0) is 16.0 Å². The lowest BCUT2D eigenvalue weighted by atomic mass is 10.1. The number of benzene rings is 2. The molecule has 1 heterocycles. The van der Waals surface area contributed by atoms with E-state index in [2.05, 4.69) is 21.0 Å². The van der Waals surface area contributed by atoms with Crippen molar-refractivity contribution in [3.05, 3.63) is 65.2 Å². The quantitative estimate of drug-likeness (QED) is 0.486. The SMILES string of the molecule is O=C(CSc1nnc(-c2ccc(Cl)cc2)o1)NNC(=O)Cc1ccccc1. The molecule has 2 N–H and O–H groups in total. The lowest BCUT2D eigenvalue weighted by Gasteiger charge is -2.06. The molecule has 0 aliphatic carbocycles. The van der Waals surface area contributed by atoms with Gasteiger partial charge >= 0.3 is 0 Å². The molecule has 27 heavy (non-hydrogen) atoms. The molecule has 3 aromatic rings. The van der Waals surface area contributed by atoms with Crippen LogP contribution in [0.3, 0.4) is 0 Å². The summed E-state index contributed by atoms with van der Waals surface area (Å²) in [6, 6.07) is 16.2. The molecular weight excluding hydrogens is 388 g/mol. The lowest BCUT2D eigenvalue weighted by Crippen LogP contribution is -2.43. The second-order valence-corrected chi connectivity index (χ2v) is 6.79. The van der Waals surface area contributed by atoms with Crippen molar-refractivity contribution in [2.45, 2.75) is 11.6 Å². The highest BCUT2D eigenvalue weighted by Gasteiger charge is 2.12. The third-order valence-electron chi connectivity index (χ3n) is 3.37. The van der Waals surface area contributed by atoms with Gasteiger partial charge in [-0.25, -0.2) is 0 Å². The van der Waals surface area contributed by atoms with Crippen LogP contribution in [0.5, 0.6) is 0 Å². The minimum atomic E-state index is -0.382. The molecule has 7 nitrogen and oxygen atoms in total. The van der Waals surface area contributed by atoms with E-state index in [0.29, 0.717) is 10.9 Å². The van der Waals surface area contributed by atoms with Gasteiger partial charge in [-0.3, -0.25) is 20.4 Å². The van der Waals surface area contributed by atoms with Crippen LogP contribution in [0.15, 0.2) is 64.2 Å². The van der Waals surface area contributed by atoms with Gasteiger partial charge in [0.05, 0.1) is 12.2 Å². The molecule has 0 radical (unpaired) electrons. The smallest absolute Gasteiger partial charge is 0.277 e. The summed E-state index contributed by atoms with van der Waals surface area (Å²) >= 11 is 6.91. The number of nitrogens with zero attached hydrogens (tertiary/aromatic N) is 2. The number of carbonyl (C=O) groups excluding carboxylic acids is 2.